The largest absolute Gasteiger partial charge is 0.302 e. The summed E-state index contributed by atoms with van der Waals surface area (Å²) in [6, 6.07) is 9.99. The van der Waals surface area contributed by atoms with E-state index in [4.69, 9.17) is 0 Å². The quantitative estimate of drug-likeness (QED) is 0.814. The number of benzene rings is 1. The molecule has 0 atom stereocenters. The van der Waals surface area contributed by atoms with Crippen LogP contribution in [0.2, 0.25) is 0 Å². The van der Waals surface area contributed by atoms with Crippen molar-refractivity contribution in [3.05, 3.63) is 48.0 Å². The van der Waals surface area contributed by atoms with Gasteiger partial charge in [-0.25, -0.2) is 4.98 Å². The minimum Gasteiger partial charge on any atom is -0.302 e. The maximum Gasteiger partial charge on any atom is 0.116 e. The number of aromatic nitrogens is 2. The second-order valence-electron chi connectivity index (χ2n) is 5.12. The van der Waals surface area contributed by atoms with Crippen LogP contribution in [0.5, 0.6) is 0 Å². The van der Waals surface area contributed by atoms with Crippen LogP contribution in [0.15, 0.2) is 36.7 Å². The Morgan fingerprint density at radius 3 is 2.74 bits per heavy atom. The number of hydrogen-bond acceptors (Lipinski definition) is 2. The zero-order chi connectivity index (χ0) is 13.1. The highest BCUT2D eigenvalue weighted by molar-refractivity contribution is 5.49. The fourth-order valence-corrected chi connectivity index (χ4v) is 2.96. The first kappa shape index (κ1) is 12.0. The lowest BCUT2D eigenvalue weighted by molar-refractivity contribution is 0.425. The van der Waals surface area contributed by atoms with Crippen molar-refractivity contribution in [2.24, 2.45) is 0 Å². The van der Waals surface area contributed by atoms with Crippen molar-refractivity contribution in [3.63, 3.8) is 0 Å². The molecule has 1 heterocycles. The number of nitrogens with zero attached hydrogens (tertiary/aromatic N) is 3. The van der Waals surface area contributed by atoms with Crippen LogP contribution in [0.3, 0.4) is 0 Å². The lowest BCUT2D eigenvalue weighted by atomic mass is 9.88. The Hall–Kier alpha value is -2.08. The maximum atomic E-state index is 9.23. The topological polar surface area (TPSA) is 41.6 Å². The lowest BCUT2D eigenvalue weighted by Crippen LogP contribution is -2.11. The molecule has 3 nitrogen and oxygen atoms in total. The van der Waals surface area contributed by atoms with Gasteiger partial charge in [0.1, 0.15) is 11.9 Å². The van der Waals surface area contributed by atoms with Crippen LogP contribution in [-0.2, 0) is 0 Å². The molecule has 1 aliphatic rings. The van der Waals surface area contributed by atoms with E-state index in [0.29, 0.717) is 11.5 Å². The fraction of sp³-hybridized carbons (Fsp3) is 0.375. The van der Waals surface area contributed by atoms with Gasteiger partial charge in [-0.1, -0.05) is 31.4 Å². The number of hydrogen-bond donors (Lipinski definition) is 0. The molecule has 0 bridgehead atoms. The average Bonchev–Trinajstić information content (AvgIpc) is 2.97. The summed E-state index contributed by atoms with van der Waals surface area (Å²) in [5.74, 6) is 1.65. The van der Waals surface area contributed by atoms with E-state index in [9.17, 15) is 5.26 Å². The smallest absolute Gasteiger partial charge is 0.116 e. The van der Waals surface area contributed by atoms with E-state index in [1.165, 1.54) is 32.1 Å². The van der Waals surface area contributed by atoms with E-state index >= 15 is 0 Å². The van der Waals surface area contributed by atoms with Gasteiger partial charge in [-0.3, -0.25) is 0 Å². The van der Waals surface area contributed by atoms with Crippen LogP contribution >= 0.6 is 0 Å². The highest BCUT2D eigenvalue weighted by Gasteiger charge is 2.21. The molecule has 0 saturated heterocycles. The summed E-state index contributed by atoms with van der Waals surface area (Å²) in [5, 5.41) is 9.23. The summed E-state index contributed by atoms with van der Waals surface area (Å²) in [6.45, 7) is 0. The average molecular weight is 251 g/mol. The number of nitriles is 1. The summed E-state index contributed by atoms with van der Waals surface area (Å²) < 4.78 is 2.09. The van der Waals surface area contributed by atoms with Gasteiger partial charge < -0.3 is 4.57 Å². The summed E-state index contributed by atoms with van der Waals surface area (Å²) in [4.78, 5) is 4.55. The first-order valence-corrected chi connectivity index (χ1v) is 6.93. The molecular weight excluding hydrogens is 234 g/mol. The molecule has 19 heavy (non-hydrogen) atoms. The molecule has 0 N–H and O–H groups in total. The zero-order valence-corrected chi connectivity index (χ0v) is 10.9. The van der Waals surface area contributed by atoms with Gasteiger partial charge in [-0.05, 0) is 25.0 Å². The molecule has 0 spiro atoms. The first-order valence-electron chi connectivity index (χ1n) is 6.93. The summed E-state index contributed by atoms with van der Waals surface area (Å²) in [6.07, 6.45) is 10.2. The van der Waals surface area contributed by atoms with Gasteiger partial charge in [0.2, 0.25) is 0 Å². The molecule has 2 aromatic rings. The third-order valence-electron chi connectivity index (χ3n) is 3.92. The third-order valence-corrected chi connectivity index (χ3v) is 3.92. The van der Waals surface area contributed by atoms with E-state index in [-0.39, 0.29) is 0 Å². The predicted octanol–water partition coefficient (Wildman–Crippen LogP) is 3.79. The van der Waals surface area contributed by atoms with E-state index < -0.39 is 0 Å². The maximum absolute atomic E-state index is 9.23. The predicted molar refractivity (Wildman–Crippen MR) is 74.1 cm³/mol. The van der Waals surface area contributed by atoms with Gasteiger partial charge in [0.15, 0.2) is 0 Å². The number of rotatable bonds is 2. The summed E-state index contributed by atoms with van der Waals surface area (Å²) >= 11 is 0. The molecule has 1 aromatic heterocycles. The van der Waals surface area contributed by atoms with Crippen LogP contribution in [0, 0.1) is 11.3 Å². The second kappa shape index (κ2) is 5.27. The van der Waals surface area contributed by atoms with Crippen LogP contribution < -0.4 is 0 Å². The minimum atomic E-state index is 0.537. The van der Waals surface area contributed by atoms with E-state index in [2.05, 4.69) is 15.6 Å². The van der Waals surface area contributed by atoms with Crippen LogP contribution in [0.25, 0.3) is 5.69 Å². The Kier molecular flexibility index (Phi) is 3.33. The summed E-state index contributed by atoms with van der Waals surface area (Å²) in [5.41, 5.74) is 1.65. The minimum absolute atomic E-state index is 0.537. The molecule has 1 saturated carbocycles. The molecule has 3 heteroatoms. The van der Waals surface area contributed by atoms with Gasteiger partial charge in [0.05, 0.1) is 11.3 Å². The third kappa shape index (κ3) is 2.26. The molecule has 0 aliphatic heterocycles. The van der Waals surface area contributed by atoms with Crippen molar-refractivity contribution < 1.29 is 0 Å². The monoisotopic (exact) mass is 251 g/mol. The normalized spacial score (nSPS) is 16.2. The van der Waals surface area contributed by atoms with Crippen LogP contribution in [0.4, 0.5) is 0 Å². The molecule has 0 radical (unpaired) electrons. The Labute approximate surface area is 113 Å². The van der Waals surface area contributed by atoms with Gasteiger partial charge in [0, 0.05) is 18.3 Å². The molecular formula is C16H17N3. The Balaban J connectivity index is 2.02. The molecule has 0 amide bonds. The fourth-order valence-electron chi connectivity index (χ4n) is 2.96. The Bertz CT molecular complexity index is 600. The molecule has 1 fully saturated rings. The molecule has 1 aliphatic carbocycles. The van der Waals surface area contributed by atoms with E-state index in [1.54, 1.807) is 0 Å². The van der Waals surface area contributed by atoms with E-state index in [1.807, 2.05) is 36.7 Å². The lowest BCUT2D eigenvalue weighted by Gasteiger charge is -2.22. The van der Waals surface area contributed by atoms with Gasteiger partial charge in [-0.2, -0.15) is 5.26 Å². The van der Waals surface area contributed by atoms with Gasteiger partial charge in [0.25, 0.3) is 0 Å². The van der Waals surface area contributed by atoms with Crippen molar-refractivity contribution in [2.45, 2.75) is 38.0 Å². The standard InChI is InChI=1S/C16H17N3/c17-12-14-8-4-5-9-15(14)19-11-10-18-16(19)13-6-2-1-3-7-13/h4-5,8-11,13H,1-3,6-7H2. The second-order valence-corrected chi connectivity index (χ2v) is 5.12. The zero-order valence-electron chi connectivity index (χ0n) is 10.9. The SMILES string of the molecule is N#Cc1ccccc1-n1ccnc1C1CCCCC1. The first-order chi connectivity index (χ1) is 9.40. The van der Waals surface area contributed by atoms with Crippen molar-refractivity contribution in [3.8, 4) is 11.8 Å². The molecule has 96 valence electrons. The highest BCUT2D eigenvalue weighted by atomic mass is 15.1. The van der Waals surface area contributed by atoms with E-state index in [0.717, 1.165) is 11.5 Å². The Morgan fingerprint density at radius 1 is 1.16 bits per heavy atom. The van der Waals surface area contributed by atoms with Gasteiger partial charge >= 0.3 is 0 Å². The number of imidazole rings is 1. The highest BCUT2D eigenvalue weighted by Crippen LogP contribution is 2.33. The van der Waals surface area contributed by atoms with Crippen LogP contribution in [0.1, 0.15) is 49.4 Å². The van der Waals surface area contributed by atoms with Crippen molar-refractivity contribution in [2.75, 3.05) is 0 Å². The Morgan fingerprint density at radius 2 is 1.95 bits per heavy atom. The van der Waals surface area contributed by atoms with Crippen molar-refractivity contribution in [1.29, 1.82) is 5.26 Å². The molecule has 1 aromatic carbocycles. The van der Waals surface area contributed by atoms with Crippen molar-refractivity contribution >= 4 is 0 Å². The molecule has 3 rings (SSSR count). The molecule has 0 unspecified atom stereocenters. The van der Waals surface area contributed by atoms with Crippen molar-refractivity contribution in [1.82, 2.24) is 9.55 Å². The van der Waals surface area contributed by atoms with Gasteiger partial charge in [-0.15, -0.1) is 0 Å². The van der Waals surface area contributed by atoms with Crippen LogP contribution in [-0.4, -0.2) is 9.55 Å². The number of para-hydroxylation sites is 1. The summed E-state index contributed by atoms with van der Waals surface area (Å²) in [7, 11) is 0.